The summed E-state index contributed by atoms with van der Waals surface area (Å²) in [6, 6.07) is 6.99. The second kappa shape index (κ2) is 7.41. The molecule has 0 spiro atoms. The van der Waals surface area contributed by atoms with E-state index in [-0.39, 0.29) is 17.3 Å². The lowest BCUT2D eigenvalue weighted by atomic mass is 10.2. The van der Waals surface area contributed by atoms with E-state index in [0.717, 1.165) is 44.1 Å². The van der Waals surface area contributed by atoms with Crippen molar-refractivity contribution >= 4 is 21.6 Å². The predicted molar refractivity (Wildman–Crippen MR) is 96.4 cm³/mol. The Morgan fingerprint density at radius 3 is 2.58 bits per heavy atom. The number of nitrogens with one attached hydrogen (secondary N) is 1. The number of aromatic nitrogens is 1. The minimum absolute atomic E-state index is 0.0185. The molecule has 2 heterocycles. The number of carbonyl (C=O) groups excluding carboxylic acids is 1. The molecule has 1 fully saturated rings. The highest BCUT2D eigenvalue weighted by atomic mass is 32.2. The van der Waals surface area contributed by atoms with E-state index in [1.54, 1.807) is 12.1 Å². The molecule has 8 heteroatoms. The van der Waals surface area contributed by atoms with E-state index in [2.05, 4.69) is 15.2 Å². The van der Waals surface area contributed by atoms with Crippen molar-refractivity contribution in [1.82, 2.24) is 10.3 Å². The van der Waals surface area contributed by atoms with Crippen LogP contribution in [0.15, 0.2) is 41.4 Å². The zero-order valence-corrected chi connectivity index (χ0v) is 15.2. The number of amides is 1. The monoisotopic (exact) mass is 377 g/mol. The molecule has 1 aromatic heterocycles. The van der Waals surface area contributed by atoms with E-state index in [0.29, 0.717) is 11.1 Å². The maximum absolute atomic E-state index is 13.3. The van der Waals surface area contributed by atoms with Gasteiger partial charge in [0.05, 0.1) is 10.5 Å². The second-order valence-electron chi connectivity index (χ2n) is 6.31. The van der Waals surface area contributed by atoms with Crippen LogP contribution < -0.4 is 10.2 Å². The highest BCUT2D eigenvalue weighted by Gasteiger charge is 2.17. The third-order valence-corrected chi connectivity index (χ3v) is 5.49. The summed E-state index contributed by atoms with van der Waals surface area (Å²) in [5.74, 6) is -0.159. The Bertz CT molecular complexity index is 908. The Hall–Kier alpha value is -2.48. The van der Waals surface area contributed by atoms with E-state index in [9.17, 15) is 17.6 Å². The Balaban J connectivity index is 1.69. The molecular weight excluding hydrogens is 357 g/mol. The first kappa shape index (κ1) is 18.3. The van der Waals surface area contributed by atoms with Gasteiger partial charge in [-0.3, -0.25) is 4.79 Å². The van der Waals surface area contributed by atoms with Crippen molar-refractivity contribution < 1.29 is 17.6 Å². The van der Waals surface area contributed by atoms with Gasteiger partial charge in [0, 0.05) is 32.1 Å². The van der Waals surface area contributed by atoms with Crippen LogP contribution in [0.4, 0.5) is 10.2 Å². The average molecular weight is 377 g/mol. The summed E-state index contributed by atoms with van der Waals surface area (Å²) in [5.41, 5.74) is 0.722. The van der Waals surface area contributed by atoms with E-state index in [4.69, 9.17) is 0 Å². The first-order chi connectivity index (χ1) is 12.3. The van der Waals surface area contributed by atoms with E-state index in [1.165, 1.54) is 18.3 Å². The molecule has 1 aliphatic rings. The summed E-state index contributed by atoms with van der Waals surface area (Å²) >= 11 is 0. The van der Waals surface area contributed by atoms with Crippen molar-refractivity contribution in [2.24, 2.45) is 0 Å². The summed E-state index contributed by atoms with van der Waals surface area (Å²) < 4.78 is 36.9. The molecule has 0 radical (unpaired) electrons. The summed E-state index contributed by atoms with van der Waals surface area (Å²) in [6.45, 7) is 1.92. The quantitative estimate of drug-likeness (QED) is 0.864. The van der Waals surface area contributed by atoms with Crippen molar-refractivity contribution in [2.45, 2.75) is 24.3 Å². The van der Waals surface area contributed by atoms with Gasteiger partial charge in [-0.05, 0) is 42.7 Å². The fraction of sp³-hybridized carbons (Fsp3) is 0.333. The van der Waals surface area contributed by atoms with Gasteiger partial charge in [0.15, 0.2) is 9.84 Å². The molecule has 1 N–H and O–H groups in total. The van der Waals surface area contributed by atoms with Gasteiger partial charge in [0.25, 0.3) is 5.91 Å². The summed E-state index contributed by atoms with van der Waals surface area (Å²) in [4.78, 5) is 18.7. The minimum atomic E-state index is -3.59. The van der Waals surface area contributed by atoms with Crippen LogP contribution in [0, 0.1) is 5.82 Å². The summed E-state index contributed by atoms with van der Waals surface area (Å²) in [6.07, 6.45) is 4.80. The predicted octanol–water partition coefficient (Wildman–Crippen LogP) is 2.15. The molecule has 3 rings (SSSR count). The topological polar surface area (TPSA) is 79.4 Å². The number of halogens is 1. The van der Waals surface area contributed by atoms with Gasteiger partial charge in [-0.25, -0.2) is 17.8 Å². The van der Waals surface area contributed by atoms with Crippen molar-refractivity contribution in [3.8, 4) is 0 Å². The smallest absolute Gasteiger partial charge is 0.253 e. The molecule has 0 atom stereocenters. The molecule has 1 aliphatic heterocycles. The molecule has 0 saturated carbocycles. The van der Waals surface area contributed by atoms with Gasteiger partial charge in [-0.1, -0.05) is 6.07 Å². The number of sulfone groups is 1. The molecule has 0 bridgehead atoms. The molecule has 138 valence electrons. The maximum atomic E-state index is 13.3. The lowest BCUT2D eigenvalue weighted by Crippen LogP contribution is -2.24. The van der Waals surface area contributed by atoms with Gasteiger partial charge < -0.3 is 10.2 Å². The van der Waals surface area contributed by atoms with Crippen LogP contribution >= 0.6 is 0 Å². The molecule has 1 amide bonds. The van der Waals surface area contributed by atoms with Gasteiger partial charge >= 0.3 is 0 Å². The standard InChI is InChI=1S/C18H20FN3O3S/c1-26(24,25)16-10-15(19)6-4-13(16)11-21-18(23)14-5-7-17(20-12-14)22-8-2-3-9-22/h4-7,10,12H,2-3,8-9,11H2,1H3,(H,21,23). The first-order valence-electron chi connectivity index (χ1n) is 8.32. The zero-order valence-electron chi connectivity index (χ0n) is 14.4. The largest absolute Gasteiger partial charge is 0.357 e. The number of benzene rings is 1. The zero-order chi connectivity index (χ0) is 18.7. The molecule has 1 aromatic carbocycles. The van der Waals surface area contributed by atoms with Crippen molar-refractivity contribution in [3.63, 3.8) is 0 Å². The van der Waals surface area contributed by atoms with Crippen LogP contribution in [0.25, 0.3) is 0 Å². The highest BCUT2D eigenvalue weighted by molar-refractivity contribution is 7.90. The van der Waals surface area contributed by atoms with Crippen LogP contribution in [-0.2, 0) is 16.4 Å². The summed E-state index contributed by atoms with van der Waals surface area (Å²) in [7, 11) is -3.59. The molecule has 1 saturated heterocycles. The fourth-order valence-electron chi connectivity index (χ4n) is 2.95. The third-order valence-electron chi connectivity index (χ3n) is 4.31. The molecule has 6 nitrogen and oxygen atoms in total. The number of nitrogens with zero attached hydrogens (tertiary/aromatic N) is 2. The second-order valence-corrected chi connectivity index (χ2v) is 8.29. The third kappa shape index (κ3) is 4.19. The van der Waals surface area contributed by atoms with E-state index < -0.39 is 15.7 Å². The Labute approximate surface area is 152 Å². The first-order valence-corrected chi connectivity index (χ1v) is 10.2. The van der Waals surface area contributed by atoms with Crippen molar-refractivity contribution in [2.75, 3.05) is 24.2 Å². The summed E-state index contributed by atoms with van der Waals surface area (Å²) in [5, 5.41) is 2.66. The van der Waals surface area contributed by atoms with Gasteiger partial charge in [-0.15, -0.1) is 0 Å². The molecular formula is C18H20FN3O3S. The minimum Gasteiger partial charge on any atom is -0.357 e. The van der Waals surface area contributed by atoms with Crippen LogP contribution in [0.2, 0.25) is 0 Å². The number of anilines is 1. The highest BCUT2D eigenvalue weighted by Crippen LogP contribution is 2.19. The number of rotatable bonds is 5. The van der Waals surface area contributed by atoms with Crippen LogP contribution in [0.1, 0.15) is 28.8 Å². The van der Waals surface area contributed by atoms with Gasteiger partial charge in [0.2, 0.25) is 0 Å². The molecule has 26 heavy (non-hydrogen) atoms. The number of carbonyl (C=O) groups is 1. The number of hydrogen-bond acceptors (Lipinski definition) is 5. The van der Waals surface area contributed by atoms with E-state index >= 15 is 0 Å². The Morgan fingerprint density at radius 2 is 1.96 bits per heavy atom. The van der Waals surface area contributed by atoms with Gasteiger partial charge in [0.1, 0.15) is 11.6 Å². The van der Waals surface area contributed by atoms with Crippen molar-refractivity contribution in [1.29, 1.82) is 0 Å². The molecule has 0 aliphatic carbocycles. The normalized spacial score (nSPS) is 14.5. The number of hydrogen-bond donors (Lipinski definition) is 1. The van der Waals surface area contributed by atoms with Crippen LogP contribution in [-0.4, -0.2) is 38.7 Å². The SMILES string of the molecule is CS(=O)(=O)c1cc(F)ccc1CNC(=O)c1ccc(N2CCCC2)nc1. The Morgan fingerprint density at radius 1 is 1.23 bits per heavy atom. The van der Waals surface area contributed by atoms with Crippen LogP contribution in [0.5, 0.6) is 0 Å². The van der Waals surface area contributed by atoms with Crippen LogP contribution in [0.3, 0.4) is 0 Å². The maximum Gasteiger partial charge on any atom is 0.253 e. The molecule has 0 unspecified atom stereocenters. The lowest BCUT2D eigenvalue weighted by molar-refractivity contribution is 0.0950. The number of pyridine rings is 1. The average Bonchev–Trinajstić information content (AvgIpc) is 3.14. The van der Waals surface area contributed by atoms with E-state index in [1.807, 2.05) is 0 Å². The van der Waals surface area contributed by atoms with Gasteiger partial charge in [-0.2, -0.15) is 0 Å². The lowest BCUT2D eigenvalue weighted by Gasteiger charge is -2.16. The fourth-order valence-corrected chi connectivity index (χ4v) is 3.89. The van der Waals surface area contributed by atoms with Crippen molar-refractivity contribution in [3.05, 3.63) is 53.5 Å². The Kier molecular flexibility index (Phi) is 5.22. The molecule has 2 aromatic rings.